The monoisotopic (exact) mass is 583 g/mol. The SMILES string of the molecule is CC(OCS)c1nc2cncnc2n1CCOP(O)(=S)OCC1CCC(n2cnc3c(=O)[nH]c(N)nc32)O1. The Morgan fingerprint density at radius 3 is 3.00 bits per heavy atom. The number of fused-ring (bicyclic) bond motifs is 2. The third-order valence-corrected chi connectivity index (χ3v) is 7.73. The lowest BCUT2D eigenvalue weighted by atomic mass is 10.2. The van der Waals surface area contributed by atoms with E-state index >= 15 is 0 Å². The summed E-state index contributed by atoms with van der Waals surface area (Å²) < 4.78 is 26.2. The van der Waals surface area contributed by atoms with Crippen molar-refractivity contribution in [2.75, 3.05) is 24.9 Å². The highest BCUT2D eigenvalue weighted by Crippen LogP contribution is 2.45. The largest absolute Gasteiger partial charge is 0.369 e. The molecule has 0 bridgehead atoms. The van der Waals surface area contributed by atoms with E-state index in [1.807, 2.05) is 11.5 Å². The normalized spacial score (nSPS) is 20.3. The Balaban J connectivity index is 1.17. The van der Waals surface area contributed by atoms with Gasteiger partial charge in [0.1, 0.15) is 30.0 Å². The fourth-order valence-corrected chi connectivity index (χ4v) is 5.61. The van der Waals surface area contributed by atoms with Crippen LogP contribution in [0.3, 0.4) is 0 Å². The topological polar surface area (TPSA) is 190 Å². The van der Waals surface area contributed by atoms with Crippen LogP contribution in [0.5, 0.6) is 0 Å². The Kier molecular flexibility index (Phi) is 8.06. The molecule has 0 radical (unpaired) electrons. The van der Waals surface area contributed by atoms with Crippen LogP contribution in [0, 0.1) is 0 Å². The summed E-state index contributed by atoms with van der Waals surface area (Å²) in [6.45, 7) is -1.31. The summed E-state index contributed by atoms with van der Waals surface area (Å²) in [5, 5.41) is 0. The van der Waals surface area contributed by atoms with E-state index in [2.05, 4.69) is 42.5 Å². The van der Waals surface area contributed by atoms with E-state index in [1.54, 1.807) is 10.8 Å². The number of hydrogen-bond acceptors (Lipinski definition) is 13. The maximum atomic E-state index is 12.0. The average Bonchev–Trinajstić information content (AvgIpc) is 3.60. The maximum absolute atomic E-state index is 12.0. The highest BCUT2D eigenvalue weighted by Gasteiger charge is 2.30. The molecule has 4 unspecified atom stereocenters. The van der Waals surface area contributed by atoms with E-state index in [0.29, 0.717) is 42.0 Å². The molecule has 1 saturated heterocycles. The molecule has 0 saturated carbocycles. The summed E-state index contributed by atoms with van der Waals surface area (Å²) >= 11 is 9.31. The second kappa shape index (κ2) is 11.3. The van der Waals surface area contributed by atoms with Gasteiger partial charge in [0, 0.05) is 6.54 Å². The smallest absolute Gasteiger partial charge is 0.324 e. The summed E-state index contributed by atoms with van der Waals surface area (Å²) in [7, 11) is 0. The third-order valence-electron chi connectivity index (χ3n) is 5.97. The molecule has 0 aliphatic carbocycles. The summed E-state index contributed by atoms with van der Waals surface area (Å²) in [6, 6.07) is 0. The van der Waals surface area contributed by atoms with Gasteiger partial charge in [0.25, 0.3) is 5.56 Å². The minimum atomic E-state index is -3.56. The van der Waals surface area contributed by atoms with E-state index in [4.69, 9.17) is 36.1 Å². The number of imidazole rings is 2. The van der Waals surface area contributed by atoms with E-state index in [9.17, 15) is 9.69 Å². The average molecular weight is 584 g/mol. The maximum Gasteiger partial charge on any atom is 0.324 e. The van der Waals surface area contributed by atoms with Crippen molar-refractivity contribution in [2.45, 2.75) is 44.7 Å². The van der Waals surface area contributed by atoms with Gasteiger partial charge in [-0.1, -0.05) is 0 Å². The van der Waals surface area contributed by atoms with E-state index in [-0.39, 0.29) is 42.8 Å². The first-order valence-electron chi connectivity index (χ1n) is 11.6. The molecule has 4 N–H and O–H groups in total. The second-order valence-electron chi connectivity index (χ2n) is 8.45. The Labute approximate surface area is 226 Å². The predicted octanol–water partition coefficient (Wildman–Crippen LogP) is 1.43. The molecule has 0 spiro atoms. The van der Waals surface area contributed by atoms with Crippen molar-refractivity contribution in [3.63, 3.8) is 0 Å². The number of nitrogens with two attached hydrogens (primary N) is 1. The standard InChI is InChI=1S/C20H26N9O6PS2/c1-11(32-10-37)16-25-13-6-22-8-23-17(13)28(16)4-5-33-36(31,38)34-7-12-2-3-14(35-12)29-9-24-15-18(29)26-20(21)27-19(15)30/h6,8-9,11-12,14,37H,2-5,7,10H2,1H3,(H,31,38)(H3,21,26,27,30). The van der Waals surface area contributed by atoms with Crippen LogP contribution in [0.2, 0.25) is 0 Å². The fourth-order valence-electron chi connectivity index (χ4n) is 4.24. The van der Waals surface area contributed by atoms with Crippen molar-refractivity contribution in [2.24, 2.45) is 0 Å². The van der Waals surface area contributed by atoms with Crippen LogP contribution in [0.4, 0.5) is 5.95 Å². The van der Waals surface area contributed by atoms with Gasteiger partial charge >= 0.3 is 6.72 Å². The van der Waals surface area contributed by atoms with Crippen LogP contribution in [-0.4, -0.2) is 69.2 Å². The number of aromatic amines is 1. The minimum Gasteiger partial charge on any atom is -0.369 e. The van der Waals surface area contributed by atoms with Crippen LogP contribution >= 0.6 is 19.3 Å². The number of aromatic nitrogens is 8. The van der Waals surface area contributed by atoms with Gasteiger partial charge < -0.3 is 33.7 Å². The van der Waals surface area contributed by atoms with E-state index < -0.39 is 18.5 Å². The van der Waals surface area contributed by atoms with Crippen molar-refractivity contribution in [1.29, 1.82) is 0 Å². The lowest BCUT2D eigenvalue weighted by molar-refractivity contribution is -0.0190. The van der Waals surface area contributed by atoms with Crippen molar-refractivity contribution in [1.82, 2.24) is 39.0 Å². The van der Waals surface area contributed by atoms with Gasteiger partial charge in [0.05, 0.1) is 37.8 Å². The van der Waals surface area contributed by atoms with Gasteiger partial charge in [-0.15, -0.1) is 0 Å². The zero-order valence-corrected chi connectivity index (χ0v) is 22.8. The van der Waals surface area contributed by atoms with Gasteiger partial charge in [-0.25, -0.2) is 19.9 Å². The fraction of sp³-hybridized carbons (Fsp3) is 0.500. The van der Waals surface area contributed by atoms with E-state index in [0.717, 1.165) is 0 Å². The predicted molar refractivity (Wildman–Crippen MR) is 143 cm³/mol. The zero-order chi connectivity index (χ0) is 26.9. The van der Waals surface area contributed by atoms with Crippen LogP contribution in [0.15, 0.2) is 23.6 Å². The highest BCUT2D eigenvalue weighted by atomic mass is 32.5. The lowest BCUT2D eigenvalue weighted by Crippen LogP contribution is -2.18. The first kappa shape index (κ1) is 27.1. The molecule has 0 amide bonds. The summed E-state index contributed by atoms with van der Waals surface area (Å²) in [4.78, 5) is 46.2. The lowest BCUT2D eigenvalue weighted by Gasteiger charge is -2.20. The Morgan fingerprint density at radius 1 is 1.34 bits per heavy atom. The van der Waals surface area contributed by atoms with Crippen molar-refractivity contribution < 1.29 is 23.4 Å². The first-order chi connectivity index (χ1) is 18.3. The molecule has 1 aliphatic rings. The minimum absolute atomic E-state index is 0.00722. The molecule has 4 aromatic heterocycles. The summed E-state index contributed by atoms with van der Waals surface area (Å²) in [5.41, 5.74) is 6.97. The third kappa shape index (κ3) is 5.74. The van der Waals surface area contributed by atoms with Crippen LogP contribution in [0.25, 0.3) is 22.3 Å². The van der Waals surface area contributed by atoms with Gasteiger partial charge in [0.15, 0.2) is 16.8 Å². The number of nitrogens with zero attached hydrogens (tertiary/aromatic N) is 7. The van der Waals surface area contributed by atoms with Gasteiger partial charge in [-0.05, 0) is 31.6 Å². The molecule has 204 valence electrons. The number of anilines is 1. The van der Waals surface area contributed by atoms with Crippen LogP contribution in [0.1, 0.15) is 37.9 Å². The quantitative estimate of drug-likeness (QED) is 0.113. The molecule has 1 aliphatic heterocycles. The van der Waals surface area contributed by atoms with Gasteiger partial charge in [-0.3, -0.25) is 14.3 Å². The molecule has 1 fully saturated rings. The Bertz CT molecular complexity index is 1540. The first-order valence-corrected chi connectivity index (χ1v) is 14.9. The number of nitrogen functional groups attached to an aromatic ring is 1. The molecule has 0 aromatic carbocycles. The molecule has 4 atom stereocenters. The Morgan fingerprint density at radius 2 is 2.18 bits per heavy atom. The molecule has 15 nitrogen and oxygen atoms in total. The molecule has 5 rings (SSSR count). The molecule has 18 heteroatoms. The van der Waals surface area contributed by atoms with E-state index in [1.165, 1.54) is 12.7 Å². The van der Waals surface area contributed by atoms with Crippen molar-refractivity contribution in [3.05, 3.63) is 35.0 Å². The number of thiol groups is 1. The molecule has 4 aromatic rings. The highest BCUT2D eigenvalue weighted by molar-refractivity contribution is 8.07. The molecule has 5 heterocycles. The van der Waals surface area contributed by atoms with Gasteiger partial charge in [-0.2, -0.15) is 17.6 Å². The van der Waals surface area contributed by atoms with Gasteiger partial charge in [0.2, 0.25) is 5.95 Å². The molecule has 38 heavy (non-hydrogen) atoms. The summed E-state index contributed by atoms with van der Waals surface area (Å²) in [5.74, 6) is 0.843. The van der Waals surface area contributed by atoms with Crippen LogP contribution < -0.4 is 11.3 Å². The number of ether oxygens (including phenoxy) is 2. The zero-order valence-electron chi connectivity index (χ0n) is 20.2. The number of hydrogen-bond donors (Lipinski definition) is 4. The van der Waals surface area contributed by atoms with Crippen molar-refractivity contribution >= 4 is 59.4 Å². The molecular weight excluding hydrogens is 557 g/mol. The van der Waals surface area contributed by atoms with Crippen LogP contribution in [-0.2, 0) is 36.9 Å². The number of H-pyrrole nitrogens is 1. The number of rotatable bonds is 11. The van der Waals surface area contributed by atoms with Crippen molar-refractivity contribution in [3.8, 4) is 0 Å². The molecular formula is C20H26N9O6PS2. The Hall–Kier alpha value is -2.50. The number of nitrogens with one attached hydrogen (secondary N) is 1. The summed E-state index contributed by atoms with van der Waals surface area (Å²) in [6.07, 6.45) is 4.66. The second-order valence-corrected chi connectivity index (χ2v) is 11.6.